The standard InChI is InChI=1S/C8H10N2O3/c9-7-3-1-2-4-10(7)5-6(11)8(12)13/h1-4,6,9,11H,5H2,(H,12,13)/p+1. The van der Waals surface area contributed by atoms with Crippen LogP contribution in [0.1, 0.15) is 0 Å². The molecule has 0 radical (unpaired) electrons. The summed E-state index contributed by atoms with van der Waals surface area (Å²) >= 11 is 0. The Hall–Kier alpha value is -1.62. The summed E-state index contributed by atoms with van der Waals surface area (Å²) < 4.78 is 1.47. The number of rotatable bonds is 3. The normalized spacial score (nSPS) is 12.4. The Morgan fingerprint density at radius 2 is 2.31 bits per heavy atom. The van der Waals surface area contributed by atoms with E-state index in [1.54, 1.807) is 24.4 Å². The Labute approximate surface area is 75.0 Å². The SMILES string of the molecule is Nc1cccc[n+]1CC(O)C(=O)O. The minimum Gasteiger partial charge on any atom is -0.479 e. The molecule has 70 valence electrons. The molecule has 0 spiro atoms. The zero-order valence-electron chi connectivity index (χ0n) is 6.92. The molecule has 1 rings (SSSR count). The molecule has 0 saturated carbocycles. The van der Waals surface area contributed by atoms with Crippen LogP contribution < -0.4 is 10.3 Å². The number of aromatic nitrogens is 1. The van der Waals surface area contributed by atoms with Gasteiger partial charge in [-0.1, -0.05) is 6.07 Å². The van der Waals surface area contributed by atoms with E-state index in [9.17, 15) is 4.79 Å². The molecule has 1 aromatic rings. The van der Waals surface area contributed by atoms with E-state index in [4.69, 9.17) is 15.9 Å². The van der Waals surface area contributed by atoms with Gasteiger partial charge in [0.05, 0.1) is 6.20 Å². The van der Waals surface area contributed by atoms with E-state index < -0.39 is 12.1 Å². The number of aliphatic hydroxyl groups is 1. The van der Waals surface area contributed by atoms with Gasteiger partial charge in [0.25, 0.3) is 5.82 Å². The Bertz CT molecular complexity index is 314. The number of hydrogen-bond acceptors (Lipinski definition) is 3. The van der Waals surface area contributed by atoms with Gasteiger partial charge < -0.3 is 10.2 Å². The van der Waals surface area contributed by atoms with Crippen LogP contribution in [0.5, 0.6) is 0 Å². The lowest BCUT2D eigenvalue weighted by Gasteiger charge is -2.05. The fraction of sp³-hybridized carbons (Fsp3) is 0.250. The summed E-state index contributed by atoms with van der Waals surface area (Å²) in [5, 5.41) is 17.5. The molecule has 0 fully saturated rings. The molecule has 1 atom stereocenters. The van der Waals surface area contributed by atoms with Gasteiger partial charge in [-0.15, -0.1) is 0 Å². The molecule has 13 heavy (non-hydrogen) atoms. The average Bonchev–Trinajstić information content (AvgIpc) is 2.08. The molecule has 0 saturated heterocycles. The van der Waals surface area contributed by atoms with Gasteiger partial charge in [-0.25, -0.2) is 9.36 Å². The third-order valence-corrected chi connectivity index (χ3v) is 1.63. The van der Waals surface area contributed by atoms with Gasteiger partial charge in [0.15, 0.2) is 6.10 Å². The lowest BCUT2D eigenvalue weighted by atomic mass is 10.3. The van der Waals surface area contributed by atoms with Crippen molar-refractivity contribution in [2.24, 2.45) is 0 Å². The molecule has 1 heterocycles. The van der Waals surface area contributed by atoms with Crippen molar-refractivity contribution >= 4 is 11.8 Å². The van der Waals surface area contributed by atoms with E-state index in [1.165, 1.54) is 4.57 Å². The van der Waals surface area contributed by atoms with Crippen molar-refractivity contribution < 1.29 is 19.6 Å². The highest BCUT2D eigenvalue weighted by Gasteiger charge is 2.17. The van der Waals surface area contributed by atoms with Crippen molar-refractivity contribution in [1.29, 1.82) is 0 Å². The first-order valence-corrected chi connectivity index (χ1v) is 3.76. The smallest absolute Gasteiger partial charge is 0.336 e. The third kappa shape index (κ3) is 2.41. The van der Waals surface area contributed by atoms with E-state index in [2.05, 4.69) is 0 Å². The highest BCUT2D eigenvalue weighted by molar-refractivity contribution is 5.71. The van der Waals surface area contributed by atoms with Crippen molar-refractivity contribution in [2.45, 2.75) is 12.6 Å². The zero-order valence-corrected chi connectivity index (χ0v) is 6.92. The number of aliphatic carboxylic acids is 1. The molecule has 0 aliphatic heterocycles. The minimum absolute atomic E-state index is 0.0397. The molecule has 5 nitrogen and oxygen atoms in total. The van der Waals surface area contributed by atoms with E-state index in [0.717, 1.165) is 0 Å². The second-order valence-corrected chi connectivity index (χ2v) is 2.63. The summed E-state index contributed by atoms with van der Waals surface area (Å²) in [6.07, 6.45) is 0.191. The molecule has 0 aliphatic carbocycles. The highest BCUT2D eigenvalue weighted by Crippen LogP contribution is 1.92. The maximum atomic E-state index is 10.3. The predicted molar refractivity (Wildman–Crippen MR) is 44.7 cm³/mol. The van der Waals surface area contributed by atoms with Crippen molar-refractivity contribution in [2.75, 3.05) is 5.73 Å². The van der Waals surface area contributed by atoms with Crippen LogP contribution in [-0.2, 0) is 11.3 Å². The van der Waals surface area contributed by atoms with E-state index in [-0.39, 0.29) is 6.54 Å². The average molecular weight is 183 g/mol. The van der Waals surface area contributed by atoms with Crippen molar-refractivity contribution in [3.8, 4) is 0 Å². The molecule has 0 aliphatic rings. The fourth-order valence-corrected chi connectivity index (χ4v) is 0.920. The summed E-state index contributed by atoms with van der Waals surface area (Å²) in [4.78, 5) is 10.3. The van der Waals surface area contributed by atoms with E-state index in [0.29, 0.717) is 5.82 Å². The molecular formula is C8H11N2O3+. The van der Waals surface area contributed by atoms with Gasteiger partial charge in [-0.05, 0) is 6.07 Å². The van der Waals surface area contributed by atoms with Crippen LogP contribution in [-0.4, -0.2) is 22.3 Å². The third-order valence-electron chi connectivity index (χ3n) is 1.63. The second-order valence-electron chi connectivity index (χ2n) is 2.63. The first kappa shape index (κ1) is 9.47. The molecular weight excluding hydrogens is 172 g/mol. The number of hydrogen-bond donors (Lipinski definition) is 3. The summed E-state index contributed by atoms with van der Waals surface area (Å²) in [6, 6.07) is 5.08. The summed E-state index contributed by atoms with van der Waals surface area (Å²) in [5.41, 5.74) is 5.53. The number of carboxylic acids is 1. The molecule has 4 N–H and O–H groups in total. The summed E-state index contributed by atoms with van der Waals surface area (Å²) in [7, 11) is 0. The van der Waals surface area contributed by atoms with Crippen LogP contribution in [0.3, 0.4) is 0 Å². The number of nitrogens with zero attached hydrogens (tertiary/aromatic N) is 1. The molecule has 1 aromatic heterocycles. The Morgan fingerprint density at radius 1 is 1.62 bits per heavy atom. The first-order valence-electron chi connectivity index (χ1n) is 3.76. The monoisotopic (exact) mass is 183 g/mol. The van der Waals surface area contributed by atoms with Gasteiger partial charge >= 0.3 is 5.97 Å². The van der Waals surface area contributed by atoms with E-state index in [1.807, 2.05) is 0 Å². The van der Waals surface area contributed by atoms with Crippen LogP contribution >= 0.6 is 0 Å². The van der Waals surface area contributed by atoms with Crippen LogP contribution in [0.4, 0.5) is 5.82 Å². The number of nitrogen functional groups attached to an aromatic ring is 1. The van der Waals surface area contributed by atoms with Crippen molar-refractivity contribution in [1.82, 2.24) is 0 Å². The molecule has 0 aromatic carbocycles. The van der Waals surface area contributed by atoms with Gasteiger partial charge in [0.2, 0.25) is 0 Å². The maximum Gasteiger partial charge on any atom is 0.336 e. The maximum absolute atomic E-state index is 10.3. The van der Waals surface area contributed by atoms with Crippen LogP contribution in [0.25, 0.3) is 0 Å². The van der Waals surface area contributed by atoms with Crippen LogP contribution in [0.2, 0.25) is 0 Å². The Morgan fingerprint density at radius 3 is 2.85 bits per heavy atom. The topological polar surface area (TPSA) is 87.4 Å². The van der Waals surface area contributed by atoms with Gasteiger partial charge in [-0.3, -0.25) is 5.73 Å². The number of carbonyl (C=O) groups is 1. The van der Waals surface area contributed by atoms with Crippen LogP contribution in [0, 0.1) is 0 Å². The molecule has 0 bridgehead atoms. The lowest BCUT2D eigenvalue weighted by Crippen LogP contribution is -2.44. The fourth-order valence-electron chi connectivity index (χ4n) is 0.920. The van der Waals surface area contributed by atoms with Gasteiger partial charge in [0, 0.05) is 6.07 Å². The molecule has 0 amide bonds. The number of nitrogens with two attached hydrogens (primary N) is 1. The van der Waals surface area contributed by atoms with Crippen molar-refractivity contribution in [3.05, 3.63) is 24.4 Å². The molecule has 5 heteroatoms. The number of aliphatic hydroxyl groups excluding tert-OH is 1. The predicted octanol–water partition coefficient (Wildman–Crippen LogP) is -0.998. The zero-order chi connectivity index (χ0) is 9.84. The number of pyridine rings is 1. The van der Waals surface area contributed by atoms with E-state index >= 15 is 0 Å². The first-order chi connectivity index (χ1) is 6.11. The Balaban J connectivity index is 2.74. The number of anilines is 1. The van der Waals surface area contributed by atoms with Crippen molar-refractivity contribution in [3.63, 3.8) is 0 Å². The quantitative estimate of drug-likeness (QED) is 0.524. The summed E-state index contributed by atoms with van der Waals surface area (Å²) in [5.74, 6) is -0.835. The van der Waals surface area contributed by atoms with Gasteiger partial charge in [-0.2, -0.15) is 0 Å². The minimum atomic E-state index is -1.42. The number of carboxylic acid groups (broad SMARTS) is 1. The van der Waals surface area contributed by atoms with Gasteiger partial charge in [0.1, 0.15) is 6.54 Å². The highest BCUT2D eigenvalue weighted by atomic mass is 16.4. The second kappa shape index (κ2) is 3.86. The largest absolute Gasteiger partial charge is 0.479 e. The Kier molecular flexibility index (Phi) is 2.81. The molecule has 1 unspecified atom stereocenters. The van der Waals surface area contributed by atoms with Crippen LogP contribution in [0.15, 0.2) is 24.4 Å². The lowest BCUT2D eigenvalue weighted by molar-refractivity contribution is -0.687. The summed E-state index contributed by atoms with van der Waals surface area (Å²) in [6.45, 7) is -0.0397.